The smallest absolute Gasteiger partial charge is 0.118 e. The molecule has 1 aromatic rings. The highest BCUT2D eigenvalue weighted by Gasteiger charge is 2.09. The van der Waals surface area contributed by atoms with Gasteiger partial charge in [0.25, 0.3) is 0 Å². The maximum atomic E-state index is 5.57. The van der Waals surface area contributed by atoms with Crippen LogP contribution in [0.5, 0.6) is 5.75 Å². The molecule has 0 amide bonds. The summed E-state index contributed by atoms with van der Waals surface area (Å²) in [6.07, 6.45) is 1.05. The third-order valence-corrected chi connectivity index (χ3v) is 2.92. The van der Waals surface area contributed by atoms with Crippen molar-refractivity contribution < 1.29 is 4.74 Å². The van der Waals surface area contributed by atoms with Crippen molar-refractivity contribution in [3.63, 3.8) is 0 Å². The quantitative estimate of drug-likeness (QED) is 0.789. The molecule has 0 bridgehead atoms. The Bertz CT molecular complexity index is 309. The molecule has 0 saturated heterocycles. The average Bonchev–Trinajstić information content (AvgIpc) is 2.35. The van der Waals surface area contributed by atoms with Gasteiger partial charge in [-0.25, -0.2) is 0 Å². The summed E-state index contributed by atoms with van der Waals surface area (Å²) in [5.74, 6) is 0.909. The number of benzene rings is 1. The molecule has 0 heterocycles. The van der Waals surface area contributed by atoms with Gasteiger partial charge in [-0.2, -0.15) is 0 Å². The van der Waals surface area contributed by atoms with Crippen molar-refractivity contribution in [3.05, 3.63) is 29.8 Å². The first-order valence-electron chi connectivity index (χ1n) is 6.24. The molecule has 1 rings (SSSR count). The van der Waals surface area contributed by atoms with Gasteiger partial charge in [0, 0.05) is 12.6 Å². The van der Waals surface area contributed by atoms with E-state index in [4.69, 9.17) is 10.5 Å². The van der Waals surface area contributed by atoms with Crippen molar-refractivity contribution in [1.82, 2.24) is 4.90 Å². The van der Waals surface area contributed by atoms with Crippen molar-refractivity contribution in [2.24, 2.45) is 5.73 Å². The molecule has 0 aromatic heterocycles. The normalized spacial score (nSPS) is 11.2. The van der Waals surface area contributed by atoms with Crippen LogP contribution in [0.1, 0.15) is 25.8 Å². The zero-order valence-electron chi connectivity index (χ0n) is 11.1. The van der Waals surface area contributed by atoms with Crippen molar-refractivity contribution >= 4 is 0 Å². The van der Waals surface area contributed by atoms with Crippen LogP contribution in [0.3, 0.4) is 0 Å². The molecule has 0 unspecified atom stereocenters. The van der Waals surface area contributed by atoms with Crippen LogP contribution in [0.4, 0.5) is 0 Å². The maximum Gasteiger partial charge on any atom is 0.118 e. The van der Waals surface area contributed by atoms with Gasteiger partial charge in [0.15, 0.2) is 0 Å². The van der Waals surface area contributed by atoms with Crippen molar-refractivity contribution in [2.75, 3.05) is 20.2 Å². The van der Waals surface area contributed by atoms with E-state index >= 15 is 0 Å². The monoisotopic (exact) mass is 236 g/mol. The Balaban J connectivity index is 2.58. The summed E-state index contributed by atoms with van der Waals surface area (Å²) in [7, 11) is 1.69. The highest BCUT2D eigenvalue weighted by atomic mass is 16.5. The summed E-state index contributed by atoms with van der Waals surface area (Å²) in [4.78, 5) is 2.44. The fraction of sp³-hybridized carbons (Fsp3) is 0.571. The number of nitrogens with zero attached hydrogens (tertiary/aromatic N) is 1. The molecule has 1 aromatic carbocycles. The van der Waals surface area contributed by atoms with E-state index in [2.05, 4.69) is 30.9 Å². The predicted molar refractivity (Wildman–Crippen MR) is 72.2 cm³/mol. The lowest BCUT2D eigenvalue weighted by Gasteiger charge is -2.26. The molecule has 0 fully saturated rings. The summed E-state index contributed by atoms with van der Waals surface area (Å²) in [6, 6.07) is 8.81. The Morgan fingerprint density at radius 3 is 2.35 bits per heavy atom. The Morgan fingerprint density at radius 2 is 1.88 bits per heavy atom. The van der Waals surface area contributed by atoms with Gasteiger partial charge in [0.05, 0.1) is 7.11 Å². The maximum absolute atomic E-state index is 5.57. The molecule has 0 atom stereocenters. The number of ether oxygens (including phenoxy) is 1. The van der Waals surface area contributed by atoms with Crippen LogP contribution in [0.2, 0.25) is 0 Å². The molecule has 0 spiro atoms. The summed E-state index contributed by atoms with van der Waals surface area (Å²) in [5.41, 5.74) is 6.88. The van der Waals surface area contributed by atoms with Crippen molar-refractivity contribution in [3.8, 4) is 5.75 Å². The standard InChI is InChI=1S/C14H24N2O/c1-12(2)16(10-4-9-15)11-13-5-7-14(17-3)8-6-13/h5-8,12H,4,9-11,15H2,1-3H3. The topological polar surface area (TPSA) is 38.5 Å². The second kappa shape index (κ2) is 7.30. The zero-order valence-corrected chi connectivity index (χ0v) is 11.1. The number of hydrogen-bond donors (Lipinski definition) is 1. The predicted octanol–water partition coefficient (Wildman–Crippen LogP) is 2.25. The lowest BCUT2D eigenvalue weighted by atomic mass is 10.1. The Morgan fingerprint density at radius 1 is 1.24 bits per heavy atom. The van der Waals surface area contributed by atoms with E-state index in [9.17, 15) is 0 Å². The first-order chi connectivity index (χ1) is 8.17. The van der Waals surface area contributed by atoms with E-state index in [1.165, 1.54) is 5.56 Å². The van der Waals surface area contributed by atoms with Gasteiger partial charge in [-0.05, 0) is 51.1 Å². The molecule has 96 valence electrons. The highest BCUT2D eigenvalue weighted by molar-refractivity contribution is 5.27. The molecule has 17 heavy (non-hydrogen) atoms. The summed E-state index contributed by atoms with van der Waals surface area (Å²) >= 11 is 0. The molecular weight excluding hydrogens is 212 g/mol. The van der Waals surface area contributed by atoms with Gasteiger partial charge < -0.3 is 10.5 Å². The Kier molecular flexibility index (Phi) is 6.01. The number of nitrogens with two attached hydrogens (primary N) is 1. The van der Waals surface area contributed by atoms with Gasteiger partial charge in [-0.3, -0.25) is 4.90 Å². The minimum atomic E-state index is 0.545. The molecule has 0 aliphatic carbocycles. The van der Waals surface area contributed by atoms with Crippen LogP contribution >= 0.6 is 0 Å². The van der Waals surface area contributed by atoms with Crippen LogP contribution in [-0.4, -0.2) is 31.1 Å². The molecule has 0 saturated carbocycles. The molecule has 3 nitrogen and oxygen atoms in total. The minimum absolute atomic E-state index is 0.545. The van der Waals surface area contributed by atoms with Crippen LogP contribution in [0.25, 0.3) is 0 Å². The fourth-order valence-corrected chi connectivity index (χ4v) is 1.78. The third-order valence-electron chi connectivity index (χ3n) is 2.92. The molecular formula is C14H24N2O. The molecule has 2 N–H and O–H groups in total. The van der Waals surface area contributed by atoms with Gasteiger partial charge in [0.1, 0.15) is 5.75 Å². The van der Waals surface area contributed by atoms with Crippen LogP contribution in [0, 0.1) is 0 Å². The Labute approximate surface area is 105 Å². The molecule has 0 radical (unpaired) electrons. The Hall–Kier alpha value is -1.06. The average molecular weight is 236 g/mol. The van der Waals surface area contributed by atoms with E-state index in [1.54, 1.807) is 7.11 Å². The second-order valence-electron chi connectivity index (χ2n) is 4.55. The van der Waals surface area contributed by atoms with Crippen molar-refractivity contribution in [2.45, 2.75) is 32.9 Å². The molecule has 3 heteroatoms. The first kappa shape index (κ1) is 14.0. The summed E-state index contributed by atoms with van der Waals surface area (Å²) in [6.45, 7) is 7.23. The minimum Gasteiger partial charge on any atom is -0.497 e. The summed E-state index contributed by atoms with van der Waals surface area (Å²) in [5, 5.41) is 0. The van der Waals surface area contributed by atoms with E-state index in [0.29, 0.717) is 6.04 Å². The molecule has 0 aliphatic rings. The van der Waals surface area contributed by atoms with Gasteiger partial charge >= 0.3 is 0 Å². The lowest BCUT2D eigenvalue weighted by Crippen LogP contribution is -2.32. The molecule has 0 aliphatic heterocycles. The van der Waals surface area contributed by atoms with Gasteiger partial charge in [0.2, 0.25) is 0 Å². The van der Waals surface area contributed by atoms with E-state index in [-0.39, 0.29) is 0 Å². The van der Waals surface area contributed by atoms with E-state index in [0.717, 1.165) is 31.8 Å². The van der Waals surface area contributed by atoms with E-state index < -0.39 is 0 Å². The summed E-state index contributed by atoms with van der Waals surface area (Å²) < 4.78 is 5.16. The van der Waals surface area contributed by atoms with Crippen molar-refractivity contribution in [1.29, 1.82) is 0 Å². The van der Waals surface area contributed by atoms with E-state index in [1.807, 2.05) is 12.1 Å². The first-order valence-corrected chi connectivity index (χ1v) is 6.24. The largest absolute Gasteiger partial charge is 0.497 e. The number of rotatable bonds is 7. The highest BCUT2D eigenvalue weighted by Crippen LogP contribution is 2.14. The lowest BCUT2D eigenvalue weighted by molar-refractivity contribution is 0.211. The number of methoxy groups -OCH3 is 1. The second-order valence-corrected chi connectivity index (χ2v) is 4.55. The fourth-order valence-electron chi connectivity index (χ4n) is 1.78. The SMILES string of the molecule is COc1ccc(CN(CCCN)C(C)C)cc1. The van der Waals surface area contributed by atoms with Gasteiger partial charge in [-0.1, -0.05) is 12.1 Å². The van der Waals surface area contributed by atoms with Crippen LogP contribution in [-0.2, 0) is 6.54 Å². The zero-order chi connectivity index (χ0) is 12.7. The number of hydrogen-bond acceptors (Lipinski definition) is 3. The van der Waals surface area contributed by atoms with Gasteiger partial charge in [-0.15, -0.1) is 0 Å². The third kappa shape index (κ3) is 4.75. The van der Waals surface area contributed by atoms with Crippen LogP contribution in [0.15, 0.2) is 24.3 Å². The van der Waals surface area contributed by atoms with Crippen LogP contribution < -0.4 is 10.5 Å².